The van der Waals surface area contributed by atoms with Crippen LogP contribution in [0.2, 0.25) is 6.55 Å². The second-order valence-electron chi connectivity index (χ2n) is 4.63. The van der Waals surface area contributed by atoms with Crippen LogP contribution in [0.5, 0.6) is 0 Å². The molecule has 0 radical (unpaired) electrons. The van der Waals surface area contributed by atoms with E-state index >= 15 is 0 Å². The fourth-order valence-corrected chi connectivity index (χ4v) is 2.47. The van der Waals surface area contributed by atoms with Crippen LogP contribution in [0.15, 0.2) is 12.3 Å². The van der Waals surface area contributed by atoms with Crippen molar-refractivity contribution in [2.24, 2.45) is 11.8 Å². The van der Waals surface area contributed by atoms with Gasteiger partial charge in [-0.15, -0.1) is 6.58 Å². The third-order valence-corrected chi connectivity index (χ3v) is 4.00. The molecule has 0 aromatic carbocycles. The molecule has 14 heavy (non-hydrogen) atoms. The Morgan fingerprint density at radius 1 is 1.07 bits per heavy atom. The lowest BCUT2D eigenvalue weighted by molar-refractivity contribution is 0.152. The Morgan fingerprint density at radius 2 is 1.43 bits per heavy atom. The Morgan fingerprint density at radius 3 is 1.64 bits per heavy atom. The minimum Gasteiger partial charge on any atom is -0.391 e. The minimum absolute atomic E-state index is 0.546. The average molecular weight is 216 g/mol. The van der Waals surface area contributed by atoms with Gasteiger partial charge in [0.2, 0.25) is 0 Å². The van der Waals surface area contributed by atoms with Gasteiger partial charge in [0.15, 0.2) is 0 Å². The third-order valence-electron chi connectivity index (χ3n) is 1.78. The summed E-state index contributed by atoms with van der Waals surface area (Å²) in [5.41, 5.74) is 1.86. The topological polar surface area (TPSA) is 18.5 Å². The second kappa shape index (κ2) is 6.38. The van der Waals surface area contributed by atoms with Crippen molar-refractivity contribution in [1.82, 2.24) is 0 Å². The maximum Gasteiger partial charge on any atom is 0.361 e. The molecule has 0 rings (SSSR count). The molecule has 0 fully saturated rings. The summed E-state index contributed by atoms with van der Waals surface area (Å²) in [6, 6.07) is 0. The molecular formula is C11H24O2Si. The summed E-state index contributed by atoms with van der Waals surface area (Å²) in [5.74, 6) is 1.09. The first-order chi connectivity index (χ1) is 6.39. The van der Waals surface area contributed by atoms with Gasteiger partial charge in [0.25, 0.3) is 0 Å². The molecule has 0 bridgehead atoms. The van der Waals surface area contributed by atoms with Crippen molar-refractivity contribution in [3.63, 3.8) is 0 Å². The first-order valence-corrected chi connectivity index (χ1v) is 7.70. The van der Waals surface area contributed by atoms with E-state index in [-0.39, 0.29) is 0 Å². The van der Waals surface area contributed by atoms with E-state index in [0.717, 1.165) is 13.2 Å². The average Bonchev–Trinajstić information content (AvgIpc) is 2.11. The molecule has 0 aromatic rings. The summed E-state index contributed by atoms with van der Waals surface area (Å²) in [4.78, 5) is 0. The fraction of sp³-hybridized carbons (Fsp3) is 0.818. The van der Waals surface area contributed by atoms with Gasteiger partial charge >= 0.3 is 8.56 Å². The monoisotopic (exact) mass is 216 g/mol. The zero-order valence-electron chi connectivity index (χ0n) is 10.2. The lowest BCUT2D eigenvalue weighted by Crippen LogP contribution is -2.38. The summed E-state index contributed by atoms with van der Waals surface area (Å²) in [5, 5.41) is 0. The molecular weight excluding hydrogens is 192 g/mol. The minimum atomic E-state index is -2.09. The van der Waals surface area contributed by atoms with E-state index in [1.54, 1.807) is 0 Å². The molecule has 0 unspecified atom stereocenters. The van der Waals surface area contributed by atoms with Crippen molar-refractivity contribution in [2.45, 2.75) is 34.2 Å². The van der Waals surface area contributed by atoms with E-state index in [9.17, 15) is 0 Å². The molecule has 0 aliphatic rings. The van der Waals surface area contributed by atoms with Crippen LogP contribution in [0, 0.1) is 11.8 Å². The van der Waals surface area contributed by atoms with E-state index in [1.807, 2.05) is 12.2 Å². The molecule has 0 spiro atoms. The molecule has 0 N–H and O–H groups in total. The van der Waals surface area contributed by atoms with Gasteiger partial charge in [0.1, 0.15) is 0 Å². The van der Waals surface area contributed by atoms with Crippen LogP contribution in [0.1, 0.15) is 27.7 Å². The van der Waals surface area contributed by atoms with Crippen molar-refractivity contribution in [2.75, 3.05) is 13.2 Å². The van der Waals surface area contributed by atoms with E-state index in [0.29, 0.717) is 11.8 Å². The summed E-state index contributed by atoms with van der Waals surface area (Å²) in [6.07, 6.45) is 0. The van der Waals surface area contributed by atoms with E-state index < -0.39 is 8.56 Å². The van der Waals surface area contributed by atoms with E-state index in [2.05, 4.69) is 34.3 Å². The lowest BCUT2D eigenvalue weighted by Gasteiger charge is -2.25. The number of hydrogen-bond acceptors (Lipinski definition) is 2. The molecule has 0 amide bonds. The maximum absolute atomic E-state index is 5.79. The van der Waals surface area contributed by atoms with Crippen LogP contribution in [0.3, 0.4) is 0 Å². The first-order valence-electron chi connectivity index (χ1n) is 5.31. The van der Waals surface area contributed by atoms with Gasteiger partial charge in [-0.05, 0) is 24.1 Å². The van der Waals surface area contributed by atoms with Crippen molar-refractivity contribution in [1.29, 1.82) is 0 Å². The quantitative estimate of drug-likeness (QED) is 0.609. The van der Waals surface area contributed by atoms with Gasteiger partial charge in [0, 0.05) is 13.2 Å². The Labute approximate surface area is 89.6 Å². The zero-order chi connectivity index (χ0) is 11.2. The van der Waals surface area contributed by atoms with Gasteiger partial charge < -0.3 is 8.85 Å². The first kappa shape index (κ1) is 13.9. The second-order valence-corrected chi connectivity index (χ2v) is 7.65. The summed E-state index contributed by atoms with van der Waals surface area (Å²) < 4.78 is 11.6. The maximum atomic E-state index is 5.79. The van der Waals surface area contributed by atoms with Crippen molar-refractivity contribution in [3.05, 3.63) is 12.3 Å². The molecule has 0 atom stereocenters. The molecule has 0 saturated heterocycles. The van der Waals surface area contributed by atoms with Crippen molar-refractivity contribution >= 4 is 8.56 Å². The fourth-order valence-electron chi connectivity index (χ4n) is 0.824. The van der Waals surface area contributed by atoms with Crippen molar-refractivity contribution in [3.8, 4) is 0 Å². The highest BCUT2D eigenvalue weighted by molar-refractivity contribution is 6.71. The molecule has 0 aliphatic heterocycles. The van der Waals surface area contributed by atoms with Crippen LogP contribution < -0.4 is 0 Å². The van der Waals surface area contributed by atoms with Gasteiger partial charge in [-0.2, -0.15) is 0 Å². The predicted molar refractivity (Wildman–Crippen MR) is 63.4 cm³/mol. The van der Waals surface area contributed by atoms with Crippen molar-refractivity contribution < 1.29 is 8.85 Å². The highest BCUT2D eigenvalue weighted by Gasteiger charge is 2.27. The van der Waals surface area contributed by atoms with Gasteiger partial charge in [0.05, 0.1) is 0 Å². The Hall–Kier alpha value is -0.123. The molecule has 0 saturated carbocycles. The Kier molecular flexibility index (Phi) is 6.32. The molecule has 3 heteroatoms. The predicted octanol–water partition coefficient (Wildman–Crippen LogP) is 3.13. The zero-order valence-corrected chi connectivity index (χ0v) is 11.2. The number of rotatable bonds is 7. The van der Waals surface area contributed by atoms with Crippen LogP contribution in [0.4, 0.5) is 0 Å². The summed E-state index contributed by atoms with van der Waals surface area (Å²) >= 11 is 0. The number of hydrogen-bond donors (Lipinski definition) is 0. The molecule has 0 aliphatic carbocycles. The lowest BCUT2D eigenvalue weighted by atomic mass is 10.2. The smallest absolute Gasteiger partial charge is 0.361 e. The Bertz CT molecular complexity index is 155. The van der Waals surface area contributed by atoms with Crippen LogP contribution in [0.25, 0.3) is 0 Å². The molecule has 0 aromatic heterocycles. The SMILES string of the molecule is C=C[Si](C)(OCC(C)C)OCC(C)C. The van der Waals surface area contributed by atoms with Gasteiger partial charge in [-0.3, -0.25) is 0 Å². The normalized spacial score (nSPS) is 12.5. The molecule has 2 nitrogen and oxygen atoms in total. The van der Waals surface area contributed by atoms with E-state index in [4.69, 9.17) is 8.85 Å². The summed E-state index contributed by atoms with van der Waals surface area (Å²) in [7, 11) is -2.09. The standard InChI is InChI=1S/C11H24O2Si/c1-7-14(6,12-8-10(2)3)13-9-11(4)5/h7,10-11H,1,8-9H2,2-6H3. The third kappa shape index (κ3) is 6.35. The highest BCUT2D eigenvalue weighted by atomic mass is 28.4. The highest BCUT2D eigenvalue weighted by Crippen LogP contribution is 2.12. The van der Waals surface area contributed by atoms with Gasteiger partial charge in [-0.1, -0.05) is 27.7 Å². The Balaban J connectivity index is 3.97. The summed E-state index contributed by atoms with van der Waals surface area (Å²) in [6.45, 7) is 15.9. The molecule has 0 heterocycles. The van der Waals surface area contributed by atoms with E-state index in [1.165, 1.54) is 0 Å². The van der Waals surface area contributed by atoms with Crippen LogP contribution in [-0.2, 0) is 8.85 Å². The van der Waals surface area contributed by atoms with Crippen LogP contribution in [-0.4, -0.2) is 21.8 Å². The van der Waals surface area contributed by atoms with Crippen LogP contribution >= 0.6 is 0 Å². The largest absolute Gasteiger partial charge is 0.391 e. The molecule has 84 valence electrons. The van der Waals surface area contributed by atoms with Gasteiger partial charge in [-0.25, -0.2) is 0 Å².